The molecule has 0 radical (unpaired) electrons. The molecular weight excluding hydrogens is 239 g/mol. The Balaban J connectivity index is 2.31. The minimum absolute atomic E-state index is 0.230. The van der Waals surface area contributed by atoms with Crippen LogP contribution in [0.25, 0.3) is 5.57 Å². The molecule has 0 N–H and O–H groups in total. The van der Waals surface area contributed by atoms with Gasteiger partial charge in [0.15, 0.2) is 0 Å². The van der Waals surface area contributed by atoms with Crippen LogP contribution in [-0.4, -0.2) is 6.21 Å². The van der Waals surface area contributed by atoms with Crippen molar-refractivity contribution in [1.29, 1.82) is 0 Å². The first kappa shape index (κ1) is 10.6. The smallest absolute Gasteiger partial charge is 0.123 e. The molecule has 0 atom stereocenters. The van der Waals surface area contributed by atoms with E-state index >= 15 is 0 Å². The standard InChI is InChI=1S/C16H11FN2/c1-8-7-18-14-6-12-11-5-10(17)3-4-13(11)19-16(12)9(2)15(8)14/h3-7H,1-2H3. The summed E-state index contributed by atoms with van der Waals surface area (Å²) in [6.07, 6.45) is 1.87. The summed E-state index contributed by atoms with van der Waals surface area (Å²) >= 11 is 0. The Hall–Kier alpha value is -2.29. The van der Waals surface area contributed by atoms with Crippen LogP contribution in [0.3, 0.4) is 0 Å². The van der Waals surface area contributed by atoms with Gasteiger partial charge >= 0.3 is 0 Å². The van der Waals surface area contributed by atoms with Gasteiger partial charge in [0.05, 0.1) is 16.7 Å². The predicted octanol–water partition coefficient (Wildman–Crippen LogP) is 2.57. The molecule has 2 aromatic rings. The summed E-state index contributed by atoms with van der Waals surface area (Å²) in [6.45, 7) is 4.11. The largest absolute Gasteiger partial charge is 0.256 e. The van der Waals surface area contributed by atoms with Gasteiger partial charge in [-0.2, -0.15) is 0 Å². The highest BCUT2D eigenvalue weighted by Crippen LogP contribution is 2.26. The maximum absolute atomic E-state index is 13.4. The second-order valence-corrected chi connectivity index (χ2v) is 5.01. The van der Waals surface area contributed by atoms with Gasteiger partial charge in [-0.25, -0.2) is 9.38 Å². The Kier molecular flexibility index (Phi) is 1.89. The first-order valence-electron chi connectivity index (χ1n) is 6.22. The topological polar surface area (TPSA) is 24.7 Å². The van der Waals surface area contributed by atoms with Crippen LogP contribution in [0.5, 0.6) is 0 Å². The van der Waals surface area contributed by atoms with Gasteiger partial charge in [-0.3, -0.25) is 4.99 Å². The molecular formula is C16H11FN2. The van der Waals surface area contributed by atoms with E-state index in [0.717, 1.165) is 43.5 Å². The first-order valence-corrected chi connectivity index (χ1v) is 6.22. The van der Waals surface area contributed by atoms with E-state index in [2.05, 4.69) is 23.8 Å². The molecule has 92 valence electrons. The normalized spacial score (nSPS) is 14.2. The molecule has 2 heterocycles. The van der Waals surface area contributed by atoms with Crippen molar-refractivity contribution < 1.29 is 4.39 Å². The molecule has 0 aliphatic carbocycles. The summed E-state index contributed by atoms with van der Waals surface area (Å²) in [5, 5.41) is 3.85. The molecule has 0 saturated carbocycles. The second kappa shape index (κ2) is 3.38. The highest BCUT2D eigenvalue weighted by atomic mass is 19.1. The molecule has 2 aliphatic heterocycles. The van der Waals surface area contributed by atoms with Crippen molar-refractivity contribution in [2.75, 3.05) is 0 Å². The summed E-state index contributed by atoms with van der Waals surface area (Å²) in [5.41, 5.74) is 4.19. The molecule has 4 rings (SSSR count). The number of benzene rings is 2. The van der Waals surface area contributed by atoms with Crippen molar-refractivity contribution in [1.82, 2.24) is 0 Å². The monoisotopic (exact) mass is 250 g/mol. The van der Waals surface area contributed by atoms with Gasteiger partial charge in [-0.15, -0.1) is 0 Å². The van der Waals surface area contributed by atoms with E-state index in [1.54, 1.807) is 12.1 Å². The zero-order valence-corrected chi connectivity index (χ0v) is 10.7. The van der Waals surface area contributed by atoms with Crippen molar-refractivity contribution in [3.05, 3.63) is 56.7 Å². The quantitative estimate of drug-likeness (QED) is 0.586. The Morgan fingerprint density at radius 1 is 1.05 bits per heavy atom. The van der Waals surface area contributed by atoms with Crippen molar-refractivity contribution >= 4 is 23.2 Å². The fraction of sp³-hybridized carbons (Fsp3) is 0.125. The van der Waals surface area contributed by atoms with E-state index in [0.29, 0.717) is 0 Å². The highest BCUT2D eigenvalue weighted by molar-refractivity contribution is 6.06. The van der Waals surface area contributed by atoms with E-state index in [1.165, 1.54) is 6.07 Å². The van der Waals surface area contributed by atoms with Crippen LogP contribution in [0.4, 0.5) is 15.8 Å². The van der Waals surface area contributed by atoms with Gasteiger partial charge < -0.3 is 0 Å². The zero-order valence-electron chi connectivity index (χ0n) is 10.7. The number of halogens is 1. The molecule has 3 heteroatoms. The van der Waals surface area contributed by atoms with E-state index in [4.69, 9.17) is 0 Å². The van der Waals surface area contributed by atoms with Crippen molar-refractivity contribution in [3.63, 3.8) is 0 Å². The predicted molar refractivity (Wildman–Crippen MR) is 72.9 cm³/mol. The Bertz CT molecular complexity index is 985. The second-order valence-electron chi connectivity index (χ2n) is 5.01. The minimum atomic E-state index is -0.230. The zero-order chi connectivity index (χ0) is 13.1. The lowest BCUT2D eigenvalue weighted by Crippen LogP contribution is -2.07. The molecule has 2 nitrogen and oxygen atoms in total. The number of hydrogen-bond donors (Lipinski definition) is 0. The molecule has 2 aliphatic rings. The van der Waals surface area contributed by atoms with E-state index in [9.17, 15) is 4.39 Å². The highest BCUT2D eigenvalue weighted by Gasteiger charge is 2.14. The van der Waals surface area contributed by atoms with Crippen LogP contribution >= 0.6 is 0 Å². The summed E-state index contributed by atoms with van der Waals surface area (Å²) < 4.78 is 13.4. The SMILES string of the molecule is CC1=c2c(cc3c(c2C)N=c2ccc(F)cc2=3)N=C1. The molecule has 19 heavy (non-hydrogen) atoms. The van der Waals surface area contributed by atoms with Crippen LogP contribution in [0, 0.1) is 23.2 Å². The van der Waals surface area contributed by atoms with Gasteiger partial charge in [0, 0.05) is 21.9 Å². The van der Waals surface area contributed by atoms with Gasteiger partial charge in [-0.1, -0.05) is 0 Å². The number of nitrogens with zero attached hydrogens (tertiary/aromatic N) is 2. The third-order valence-electron chi connectivity index (χ3n) is 3.80. The number of hydrogen-bond acceptors (Lipinski definition) is 2. The van der Waals surface area contributed by atoms with Crippen LogP contribution in [0.15, 0.2) is 34.3 Å². The Labute approximate surface area is 109 Å². The maximum Gasteiger partial charge on any atom is 0.123 e. The Morgan fingerprint density at radius 3 is 2.74 bits per heavy atom. The molecule has 0 spiro atoms. The molecule has 0 amide bonds. The summed E-state index contributed by atoms with van der Waals surface area (Å²) in [6, 6.07) is 6.74. The van der Waals surface area contributed by atoms with Crippen molar-refractivity contribution in [3.8, 4) is 0 Å². The summed E-state index contributed by atoms with van der Waals surface area (Å²) in [5.74, 6) is -0.230. The molecule has 0 fully saturated rings. The third kappa shape index (κ3) is 1.30. The van der Waals surface area contributed by atoms with Crippen LogP contribution in [-0.2, 0) is 0 Å². The van der Waals surface area contributed by atoms with E-state index < -0.39 is 0 Å². The van der Waals surface area contributed by atoms with Crippen molar-refractivity contribution in [2.24, 2.45) is 9.98 Å². The van der Waals surface area contributed by atoms with E-state index in [-0.39, 0.29) is 5.82 Å². The van der Waals surface area contributed by atoms with E-state index in [1.807, 2.05) is 12.3 Å². The lowest BCUT2D eigenvalue weighted by molar-refractivity contribution is 0.626. The molecule has 2 aromatic carbocycles. The number of fused-ring (bicyclic) bond motifs is 3. The first-order chi connectivity index (χ1) is 9.15. The van der Waals surface area contributed by atoms with Crippen molar-refractivity contribution in [2.45, 2.75) is 13.8 Å². The van der Waals surface area contributed by atoms with Gasteiger partial charge in [-0.05, 0) is 49.2 Å². The summed E-state index contributed by atoms with van der Waals surface area (Å²) in [7, 11) is 0. The number of aliphatic imine (C=N–C) groups is 1. The minimum Gasteiger partial charge on any atom is -0.256 e. The Morgan fingerprint density at radius 2 is 1.89 bits per heavy atom. The van der Waals surface area contributed by atoms with Gasteiger partial charge in [0.25, 0.3) is 0 Å². The molecule has 0 aromatic heterocycles. The molecule has 0 saturated heterocycles. The lowest BCUT2D eigenvalue weighted by Gasteiger charge is -2.02. The molecule has 0 bridgehead atoms. The fourth-order valence-corrected chi connectivity index (χ4v) is 2.91. The average molecular weight is 250 g/mol. The third-order valence-corrected chi connectivity index (χ3v) is 3.80. The van der Waals surface area contributed by atoms with Crippen LogP contribution in [0.2, 0.25) is 0 Å². The average Bonchev–Trinajstić information content (AvgIpc) is 2.92. The van der Waals surface area contributed by atoms with Crippen LogP contribution in [0.1, 0.15) is 12.5 Å². The maximum atomic E-state index is 13.4. The summed E-state index contributed by atoms with van der Waals surface area (Å²) in [4.78, 5) is 9.05. The van der Waals surface area contributed by atoms with Crippen LogP contribution < -0.4 is 10.6 Å². The van der Waals surface area contributed by atoms with Gasteiger partial charge in [0.2, 0.25) is 0 Å². The lowest BCUT2D eigenvalue weighted by atomic mass is 10.0. The fourth-order valence-electron chi connectivity index (χ4n) is 2.91. The van der Waals surface area contributed by atoms with Gasteiger partial charge in [0.1, 0.15) is 5.82 Å². The molecule has 0 unspecified atom stereocenters. The number of rotatable bonds is 0.